The molecule has 18 heavy (non-hydrogen) atoms. The second-order valence-corrected chi connectivity index (χ2v) is 4.75. The van der Waals surface area contributed by atoms with Gasteiger partial charge in [-0.3, -0.25) is 0 Å². The monoisotopic (exact) mass is 263 g/mol. The molecule has 4 nitrogen and oxygen atoms in total. The first-order valence-corrected chi connectivity index (χ1v) is 6.59. The number of ether oxygens (including phenoxy) is 1. The molecule has 0 saturated carbocycles. The van der Waals surface area contributed by atoms with E-state index in [4.69, 9.17) is 4.74 Å². The van der Waals surface area contributed by atoms with E-state index in [2.05, 4.69) is 20.6 Å². The van der Waals surface area contributed by atoms with Crippen molar-refractivity contribution in [1.29, 1.82) is 0 Å². The van der Waals surface area contributed by atoms with Gasteiger partial charge in [-0.05, 0) is 19.2 Å². The van der Waals surface area contributed by atoms with Crippen LogP contribution in [0.5, 0.6) is 5.75 Å². The molecule has 2 rings (SSSR count). The zero-order valence-electron chi connectivity index (χ0n) is 10.8. The Morgan fingerprint density at radius 1 is 1.44 bits per heavy atom. The van der Waals surface area contributed by atoms with Crippen LogP contribution >= 0.6 is 11.3 Å². The predicted octanol–water partition coefficient (Wildman–Crippen LogP) is 2.64. The summed E-state index contributed by atoms with van der Waals surface area (Å²) in [5, 5.41) is 6.15. The summed E-state index contributed by atoms with van der Waals surface area (Å²) in [5.41, 5.74) is 2.13. The number of nitrogens with one attached hydrogen (secondary N) is 1. The Labute approximate surface area is 111 Å². The van der Waals surface area contributed by atoms with Crippen molar-refractivity contribution in [3.05, 3.63) is 35.3 Å². The molecule has 0 unspecified atom stereocenters. The van der Waals surface area contributed by atoms with E-state index in [9.17, 15) is 0 Å². The summed E-state index contributed by atoms with van der Waals surface area (Å²) in [7, 11) is 5.61. The number of anilines is 2. The molecule has 96 valence electrons. The van der Waals surface area contributed by atoms with Gasteiger partial charge in [-0.25, -0.2) is 4.98 Å². The minimum Gasteiger partial charge on any atom is -0.497 e. The van der Waals surface area contributed by atoms with Gasteiger partial charge >= 0.3 is 0 Å². The molecule has 1 aromatic carbocycles. The van der Waals surface area contributed by atoms with Gasteiger partial charge in [0.25, 0.3) is 0 Å². The average molecular weight is 263 g/mol. The van der Waals surface area contributed by atoms with E-state index in [0.717, 1.165) is 28.8 Å². The lowest BCUT2D eigenvalue weighted by Crippen LogP contribution is -2.10. The Hall–Kier alpha value is -1.59. The fourth-order valence-electron chi connectivity index (χ4n) is 1.64. The Kier molecular flexibility index (Phi) is 4.17. The number of hydrogen-bond acceptors (Lipinski definition) is 5. The highest BCUT2D eigenvalue weighted by molar-refractivity contribution is 7.13. The summed E-state index contributed by atoms with van der Waals surface area (Å²) in [4.78, 5) is 6.63. The van der Waals surface area contributed by atoms with Crippen LogP contribution in [0.25, 0.3) is 0 Å². The van der Waals surface area contributed by atoms with Crippen molar-refractivity contribution in [2.75, 3.05) is 26.1 Å². The molecule has 0 aliphatic heterocycles. The second kappa shape index (κ2) is 5.84. The quantitative estimate of drug-likeness (QED) is 0.900. The summed E-state index contributed by atoms with van der Waals surface area (Å²) >= 11 is 1.64. The fourth-order valence-corrected chi connectivity index (χ4v) is 2.45. The van der Waals surface area contributed by atoms with Crippen molar-refractivity contribution in [3.8, 4) is 5.75 Å². The van der Waals surface area contributed by atoms with Crippen LogP contribution in [-0.4, -0.2) is 26.2 Å². The van der Waals surface area contributed by atoms with Crippen molar-refractivity contribution in [1.82, 2.24) is 10.3 Å². The summed E-state index contributed by atoms with van der Waals surface area (Å²) in [6.07, 6.45) is 0. The van der Waals surface area contributed by atoms with Crippen molar-refractivity contribution in [3.63, 3.8) is 0 Å². The van der Waals surface area contributed by atoms with Gasteiger partial charge in [-0.2, -0.15) is 0 Å². The molecular weight excluding hydrogens is 246 g/mol. The summed E-state index contributed by atoms with van der Waals surface area (Å²) in [6.45, 7) is 0.794. The van der Waals surface area contributed by atoms with Crippen molar-refractivity contribution >= 4 is 22.2 Å². The molecule has 0 fully saturated rings. The average Bonchev–Trinajstić information content (AvgIpc) is 2.87. The lowest BCUT2D eigenvalue weighted by molar-refractivity contribution is 0.415. The minimum atomic E-state index is 0.794. The third-order valence-electron chi connectivity index (χ3n) is 2.63. The number of benzene rings is 1. The molecule has 0 atom stereocenters. The standard InChI is InChI=1S/C13H17N3OS/c1-14-8-10-9-18-13(15-10)16(2)11-5-4-6-12(7-11)17-3/h4-7,9,14H,8H2,1-3H3. The largest absolute Gasteiger partial charge is 0.497 e. The third kappa shape index (κ3) is 2.80. The van der Waals surface area contributed by atoms with Gasteiger partial charge in [0.1, 0.15) is 5.75 Å². The topological polar surface area (TPSA) is 37.4 Å². The maximum absolute atomic E-state index is 5.23. The molecule has 0 radical (unpaired) electrons. The van der Waals surface area contributed by atoms with E-state index in [1.54, 1.807) is 18.4 Å². The first-order valence-electron chi connectivity index (χ1n) is 5.71. The molecular formula is C13H17N3OS. The zero-order chi connectivity index (χ0) is 13.0. The molecule has 1 heterocycles. The molecule has 0 amide bonds. The summed E-state index contributed by atoms with van der Waals surface area (Å²) in [5.74, 6) is 0.853. The summed E-state index contributed by atoms with van der Waals surface area (Å²) < 4.78 is 5.23. The van der Waals surface area contributed by atoms with Crippen LogP contribution in [0.2, 0.25) is 0 Å². The highest BCUT2D eigenvalue weighted by Crippen LogP contribution is 2.29. The fraction of sp³-hybridized carbons (Fsp3) is 0.308. The van der Waals surface area contributed by atoms with Crippen LogP contribution in [0.3, 0.4) is 0 Å². The van der Waals surface area contributed by atoms with Crippen molar-refractivity contribution in [2.24, 2.45) is 0 Å². The van der Waals surface area contributed by atoms with Gasteiger partial charge < -0.3 is 15.0 Å². The van der Waals surface area contributed by atoms with Gasteiger partial charge in [0.15, 0.2) is 5.13 Å². The maximum atomic E-state index is 5.23. The number of methoxy groups -OCH3 is 1. The van der Waals surface area contributed by atoms with Crippen LogP contribution in [0.15, 0.2) is 29.6 Å². The number of hydrogen-bond donors (Lipinski definition) is 1. The highest BCUT2D eigenvalue weighted by Gasteiger charge is 2.09. The van der Waals surface area contributed by atoms with Gasteiger partial charge in [0.2, 0.25) is 0 Å². The summed E-state index contributed by atoms with van der Waals surface area (Å²) in [6, 6.07) is 7.96. The first kappa shape index (κ1) is 12.9. The lowest BCUT2D eigenvalue weighted by atomic mass is 10.3. The van der Waals surface area contributed by atoms with Crippen LogP contribution in [-0.2, 0) is 6.54 Å². The van der Waals surface area contributed by atoms with Crippen LogP contribution < -0.4 is 15.0 Å². The smallest absolute Gasteiger partial charge is 0.189 e. The van der Waals surface area contributed by atoms with Crippen LogP contribution in [0.4, 0.5) is 10.8 Å². The van der Waals surface area contributed by atoms with Gasteiger partial charge in [-0.15, -0.1) is 11.3 Å². The number of rotatable bonds is 5. The third-order valence-corrected chi connectivity index (χ3v) is 3.59. The molecule has 1 aromatic heterocycles. The van der Waals surface area contributed by atoms with E-state index in [1.807, 2.05) is 38.4 Å². The molecule has 1 N–H and O–H groups in total. The molecule has 0 aliphatic rings. The van der Waals surface area contributed by atoms with Crippen LogP contribution in [0.1, 0.15) is 5.69 Å². The Bertz CT molecular complexity index is 512. The van der Waals surface area contributed by atoms with E-state index in [0.29, 0.717) is 0 Å². The van der Waals surface area contributed by atoms with Gasteiger partial charge in [0.05, 0.1) is 12.8 Å². The SMILES string of the molecule is CNCc1csc(N(C)c2cccc(OC)c2)n1. The van der Waals surface area contributed by atoms with E-state index in [1.165, 1.54) is 0 Å². The van der Waals surface area contributed by atoms with E-state index < -0.39 is 0 Å². The zero-order valence-corrected chi connectivity index (χ0v) is 11.6. The Morgan fingerprint density at radius 3 is 3.00 bits per heavy atom. The van der Waals surface area contributed by atoms with Crippen molar-refractivity contribution in [2.45, 2.75) is 6.54 Å². The van der Waals surface area contributed by atoms with Gasteiger partial charge in [0, 0.05) is 30.7 Å². The lowest BCUT2D eigenvalue weighted by Gasteiger charge is -2.16. The molecule has 2 aromatic rings. The van der Waals surface area contributed by atoms with Gasteiger partial charge in [-0.1, -0.05) is 6.07 Å². The Balaban J connectivity index is 2.20. The molecule has 5 heteroatoms. The predicted molar refractivity (Wildman–Crippen MR) is 75.9 cm³/mol. The number of thiazole rings is 1. The van der Waals surface area contributed by atoms with Crippen LogP contribution in [0, 0.1) is 0 Å². The number of aromatic nitrogens is 1. The number of nitrogens with zero attached hydrogens (tertiary/aromatic N) is 2. The highest BCUT2D eigenvalue weighted by atomic mass is 32.1. The minimum absolute atomic E-state index is 0.794. The molecule has 0 spiro atoms. The Morgan fingerprint density at radius 2 is 2.28 bits per heavy atom. The molecule has 0 bridgehead atoms. The maximum Gasteiger partial charge on any atom is 0.189 e. The normalized spacial score (nSPS) is 10.4. The molecule has 0 saturated heterocycles. The van der Waals surface area contributed by atoms with Crippen molar-refractivity contribution < 1.29 is 4.74 Å². The van der Waals surface area contributed by atoms with E-state index in [-0.39, 0.29) is 0 Å². The second-order valence-electron chi connectivity index (χ2n) is 3.91. The van der Waals surface area contributed by atoms with E-state index >= 15 is 0 Å². The molecule has 0 aliphatic carbocycles. The first-order chi connectivity index (χ1) is 8.74.